The molecule has 0 bridgehead atoms. The first kappa shape index (κ1) is 16.7. The Morgan fingerprint density at radius 2 is 2.05 bits per heavy atom. The minimum atomic E-state index is -0.241. The van der Waals surface area contributed by atoms with Crippen molar-refractivity contribution in [3.63, 3.8) is 0 Å². The molecular formula is C13H22BrN5O. The van der Waals surface area contributed by atoms with E-state index in [1.165, 1.54) is 0 Å². The van der Waals surface area contributed by atoms with Gasteiger partial charge < -0.3 is 16.0 Å². The number of carbonyl (C=O) groups is 1. The lowest BCUT2D eigenvalue weighted by Gasteiger charge is -2.20. The molecule has 0 spiro atoms. The fourth-order valence-corrected chi connectivity index (χ4v) is 1.77. The van der Waals surface area contributed by atoms with Crippen LogP contribution in [0.4, 0.5) is 11.8 Å². The molecule has 0 aromatic carbocycles. The highest BCUT2D eigenvalue weighted by Gasteiger charge is 2.14. The summed E-state index contributed by atoms with van der Waals surface area (Å²) in [6.45, 7) is 8.88. The van der Waals surface area contributed by atoms with E-state index in [9.17, 15) is 4.79 Å². The number of hydrogen-bond donors (Lipinski definition) is 3. The minimum absolute atomic E-state index is 0.0777. The molecule has 0 fully saturated rings. The molecule has 0 unspecified atom stereocenters. The second-order valence-corrected chi connectivity index (χ2v) is 6.32. The second kappa shape index (κ2) is 7.42. The molecule has 0 aliphatic rings. The number of aromatic nitrogens is 2. The summed E-state index contributed by atoms with van der Waals surface area (Å²) in [5.41, 5.74) is -0.241. The number of rotatable bonds is 6. The van der Waals surface area contributed by atoms with E-state index in [0.29, 0.717) is 11.8 Å². The average Bonchev–Trinajstić information content (AvgIpc) is 2.34. The fourth-order valence-electron chi connectivity index (χ4n) is 1.44. The largest absolute Gasteiger partial charge is 0.360 e. The lowest BCUT2D eigenvalue weighted by molar-refractivity contribution is -0.120. The molecule has 0 saturated carbocycles. The number of nitrogens with one attached hydrogen (secondary N) is 3. The Balaban J connectivity index is 2.60. The van der Waals surface area contributed by atoms with Gasteiger partial charge >= 0.3 is 0 Å². The highest BCUT2D eigenvalue weighted by atomic mass is 79.9. The number of anilines is 2. The van der Waals surface area contributed by atoms with Crippen molar-refractivity contribution < 1.29 is 4.79 Å². The molecule has 0 saturated heterocycles. The monoisotopic (exact) mass is 343 g/mol. The molecule has 1 amide bonds. The van der Waals surface area contributed by atoms with Gasteiger partial charge in [0.05, 0.1) is 11.0 Å². The third kappa shape index (κ3) is 6.18. The quantitative estimate of drug-likeness (QED) is 0.739. The molecule has 7 heteroatoms. The van der Waals surface area contributed by atoms with Crippen molar-refractivity contribution in [2.45, 2.75) is 39.7 Å². The SMILES string of the molecule is CCCNc1ncc(Br)c(NCC(=O)NC(C)(C)C)n1. The van der Waals surface area contributed by atoms with Crippen LogP contribution in [0.5, 0.6) is 0 Å². The van der Waals surface area contributed by atoms with Gasteiger partial charge in [-0.1, -0.05) is 6.92 Å². The zero-order valence-electron chi connectivity index (χ0n) is 12.4. The van der Waals surface area contributed by atoms with Crippen molar-refractivity contribution in [2.75, 3.05) is 23.7 Å². The zero-order valence-corrected chi connectivity index (χ0v) is 14.0. The van der Waals surface area contributed by atoms with Crippen LogP contribution in [0.3, 0.4) is 0 Å². The van der Waals surface area contributed by atoms with Crippen LogP contribution in [-0.4, -0.2) is 34.5 Å². The molecule has 112 valence electrons. The van der Waals surface area contributed by atoms with Gasteiger partial charge in [0, 0.05) is 18.3 Å². The van der Waals surface area contributed by atoms with E-state index in [1.807, 2.05) is 20.8 Å². The fraction of sp³-hybridized carbons (Fsp3) is 0.615. The number of halogens is 1. The highest BCUT2D eigenvalue weighted by Crippen LogP contribution is 2.19. The molecule has 0 radical (unpaired) electrons. The predicted molar refractivity (Wildman–Crippen MR) is 84.9 cm³/mol. The van der Waals surface area contributed by atoms with Gasteiger partial charge in [-0.25, -0.2) is 4.98 Å². The summed E-state index contributed by atoms with van der Waals surface area (Å²) in [7, 11) is 0. The predicted octanol–water partition coefficient (Wildman–Crippen LogP) is 2.39. The molecule has 1 aromatic rings. The van der Waals surface area contributed by atoms with Crippen molar-refractivity contribution in [3.05, 3.63) is 10.7 Å². The van der Waals surface area contributed by atoms with Crippen LogP contribution in [0.25, 0.3) is 0 Å². The number of hydrogen-bond acceptors (Lipinski definition) is 5. The molecule has 6 nitrogen and oxygen atoms in total. The minimum Gasteiger partial charge on any atom is -0.360 e. The summed E-state index contributed by atoms with van der Waals surface area (Å²) in [4.78, 5) is 20.2. The summed E-state index contributed by atoms with van der Waals surface area (Å²) in [5, 5.41) is 8.99. The van der Waals surface area contributed by atoms with E-state index in [2.05, 4.69) is 48.8 Å². The Morgan fingerprint density at radius 1 is 1.35 bits per heavy atom. The maximum absolute atomic E-state index is 11.8. The summed E-state index contributed by atoms with van der Waals surface area (Å²) in [5.74, 6) is 1.07. The first-order valence-electron chi connectivity index (χ1n) is 6.63. The Morgan fingerprint density at radius 3 is 2.65 bits per heavy atom. The third-order valence-electron chi connectivity index (χ3n) is 2.21. The van der Waals surface area contributed by atoms with Gasteiger partial charge in [-0.3, -0.25) is 4.79 Å². The van der Waals surface area contributed by atoms with Crippen molar-refractivity contribution in [2.24, 2.45) is 0 Å². The van der Waals surface area contributed by atoms with Crippen LogP contribution in [-0.2, 0) is 4.79 Å². The van der Waals surface area contributed by atoms with Crippen LogP contribution in [0.2, 0.25) is 0 Å². The molecule has 0 atom stereocenters. The Bertz CT molecular complexity index is 459. The van der Waals surface area contributed by atoms with Gasteiger partial charge in [0.25, 0.3) is 0 Å². The van der Waals surface area contributed by atoms with E-state index < -0.39 is 0 Å². The van der Waals surface area contributed by atoms with E-state index in [-0.39, 0.29) is 18.0 Å². The topological polar surface area (TPSA) is 78.9 Å². The van der Waals surface area contributed by atoms with Crippen molar-refractivity contribution in [3.8, 4) is 0 Å². The van der Waals surface area contributed by atoms with Gasteiger partial charge in [0.2, 0.25) is 11.9 Å². The summed E-state index contributed by atoms with van der Waals surface area (Å²) in [6.07, 6.45) is 2.66. The Labute approximate surface area is 128 Å². The van der Waals surface area contributed by atoms with Gasteiger partial charge in [-0.2, -0.15) is 4.98 Å². The summed E-state index contributed by atoms with van der Waals surface area (Å²) >= 11 is 3.36. The van der Waals surface area contributed by atoms with Crippen LogP contribution >= 0.6 is 15.9 Å². The maximum Gasteiger partial charge on any atom is 0.239 e. The number of nitrogens with zero attached hydrogens (tertiary/aromatic N) is 2. The van der Waals surface area contributed by atoms with Crippen LogP contribution in [0.15, 0.2) is 10.7 Å². The van der Waals surface area contributed by atoms with Crippen LogP contribution in [0, 0.1) is 0 Å². The summed E-state index contributed by atoms with van der Waals surface area (Å²) < 4.78 is 0.725. The average molecular weight is 344 g/mol. The first-order valence-corrected chi connectivity index (χ1v) is 7.42. The lowest BCUT2D eigenvalue weighted by Crippen LogP contribution is -2.43. The van der Waals surface area contributed by atoms with Crippen LogP contribution < -0.4 is 16.0 Å². The Hall–Kier alpha value is -1.37. The molecule has 0 aliphatic heterocycles. The molecular weight excluding hydrogens is 322 g/mol. The molecule has 3 N–H and O–H groups in total. The van der Waals surface area contributed by atoms with Crippen molar-refractivity contribution in [1.82, 2.24) is 15.3 Å². The smallest absolute Gasteiger partial charge is 0.239 e. The van der Waals surface area contributed by atoms with E-state index in [1.54, 1.807) is 6.20 Å². The standard InChI is InChI=1S/C13H22BrN5O/c1-5-6-15-12-17-7-9(14)11(18-12)16-8-10(20)19-13(2,3)4/h7H,5-6,8H2,1-4H3,(H,19,20)(H2,15,16,17,18). The third-order valence-corrected chi connectivity index (χ3v) is 2.79. The number of amides is 1. The second-order valence-electron chi connectivity index (χ2n) is 5.47. The molecule has 1 rings (SSSR count). The summed E-state index contributed by atoms with van der Waals surface area (Å²) in [6, 6.07) is 0. The normalized spacial score (nSPS) is 11.1. The lowest BCUT2D eigenvalue weighted by atomic mass is 10.1. The van der Waals surface area contributed by atoms with E-state index in [0.717, 1.165) is 17.4 Å². The zero-order chi connectivity index (χ0) is 15.2. The van der Waals surface area contributed by atoms with E-state index >= 15 is 0 Å². The molecule has 0 aliphatic carbocycles. The van der Waals surface area contributed by atoms with Gasteiger partial charge in [-0.05, 0) is 43.1 Å². The molecule has 1 heterocycles. The highest BCUT2D eigenvalue weighted by molar-refractivity contribution is 9.10. The van der Waals surface area contributed by atoms with Gasteiger partial charge in [0.1, 0.15) is 5.82 Å². The van der Waals surface area contributed by atoms with Crippen molar-refractivity contribution >= 4 is 33.6 Å². The molecule has 1 aromatic heterocycles. The number of carbonyl (C=O) groups excluding carboxylic acids is 1. The van der Waals surface area contributed by atoms with Gasteiger partial charge in [-0.15, -0.1) is 0 Å². The molecule has 20 heavy (non-hydrogen) atoms. The van der Waals surface area contributed by atoms with Crippen molar-refractivity contribution in [1.29, 1.82) is 0 Å². The maximum atomic E-state index is 11.8. The first-order chi connectivity index (χ1) is 9.31. The van der Waals surface area contributed by atoms with Crippen LogP contribution in [0.1, 0.15) is 34.1 Å². The van der Waals surface area contributed by atoms with Gasteiger partial charge in [0.15, 0.2) is 0 Å². The Kier molecular flexibility index (Phi) is 6.19. The van der Waals surface area contributed by atoms with E-state index in [4.69, 9.17) is 0 Å².